The fraction of sp³-hybridized carbons (Fsp3) is 0.238. The van der Waals surface area contributed by atoms with Crippen LogP contribution in [-0.2, 0) is 6.42 Å². The molecule has 0 spiro atoms. The summed E-state index contributed by atoms with van der Waals surface area (Å²) < 4.78 is 7.31. The number of methoxy groups -OCH3 is 1. The van der Waals surface area contributed by atoms with E-state index in [4.69, 9.17) is 16.3 Å². The quantitative estimate of drug-likeness (QED) is 0.671. The van der Waals surface area contributed by atoms with Crippen molar-refractivity contribution < 1.29 is 9.53 Å². The minimum Gasteiger partial charge on any atom is -0.494 e. The first-order valence-electron chi connectivity index (χ1n) is 8.59. The van der Waals surface area contributed by atoms with Crippen LogP contribution in [0.4, 0.5) is 0 Å². The van der Waals surface area contributed by atoms with E-state index in [1.165, 1.54) is 5.56 Å². The predicted octanol–water partition coefficient (Wildman–Crippen LogP) is 4.76. The van der Waals surface area contributed by atoms with Crippen molar-refractivity contribution in [2.75, 3.05) is 7.11 Å². The van der Waals surface area contributed by atoms with Gasteiger partial charge in [0.25, 0.3) is 0 Å². The summed E-state index contributed by atoms with van der Waals surface area (Å²) in [5.41, 5.74) is 4.34. The van der Waals surface area contributed by atoms with Crippen molar-refractivity contribution >= 4 is 17.4 Å². The number of benzene rings is 2. The highest BCUT2D eigenvalue weighted by Crippen LogP contribution is 2.37. The Labute approximate surface area is 157 Å². The van der Waals surface area contributed by atoms with Crippen molar-refractivity contribution in [2.45, 2.75) is 25.7 Å². The predicted molar refractivity (Wildman–Crippen MR) is 102 cm³/mol. The van der Waals surface area contributed by atoms with E-state index in [0.717, 1.165) is 29.1 Å². The highest BCUT2D eigenvalue weighted by molar-refractivity contribution is 6.30. The molecule has 26 heavy (non-hydrogen) atoms. The van der Waals surface area contributed by atoms with Gasteiger partial charge < -0.3 is 4.74 Å². The van der Waals surface area contributed by atoms with Gasteiger partial charge in [0.15, 0.2) is 5.78 Å². The number of rotatable bonds is 3. The molecule has 1 aliphatic rings. The number of fused-ring (bicyclic) bond motifs is 1. The molecule has 1 atom stereocenters. The van der Waals surface area contributed by atoms with E-state index in [1.54, 1.807) is 13.2 Å². The number of hydrogen-bond acceptors (Lipinski definition) is 3. The number of ether oxygens (including phenoxy) is 1. The molecule has 0 fully saturated rings. The molecule has 0 radical (unpaired) electrons. The largest absolute Gasteiger partial charge is 0.494 e. The van der Waals surface area contributed by atoms with Crippen LogP contribution >= 0.6 is 11.6 Å². The van der Waals surface area contributed by atoms with Gasteiger partial charge in [0.1, 0.15) is 11.4 Å². The molecule has 0 unspecified atom stereocenters. The van der Waals surface area contributed by atoms with Crippen LogP contribution in [0.25, 0.3) is 5.69 Å². The number of halogens is 1. The third kappa shape index (κ3) is 2.80. The van der Waals surface area contributed by atoms with Gasteiger partial charge in [-0.05, 0) is 43.0 Å². The standard InChI is InChI=1S/C21H19ClN2O2/c1-13-21-18(10-15(11-19(21)25)14-6-4-3-5-7-14)24(23-13)17-12-16(22)8-9-20(17)26-2/h3-9,12,15H,10-11H2,1-2H3/t15-/m1/s1. The number of hydrogen-bond donors (Lipinski definition) is 0. The van der Waals surface area contributed by atoms with Crippen LogP contribution in [0.2, 0.25) is 5.02 Å². The van der Waals surface area contributed by atoms with Crippen molar-refractivity contribution in [1.29, 1.82) is 0 Å². The zero-order valence-corrected chi connectivity index (χ0v) is 15.5. The van der Waals surface area contributed by atoms with Gasteiger partial charge in [0, 0.05) is 11.4 Å². The van der Waals surface area contributed by atoms with Gasteiger partial charge >= 0.3 is 0 Å². The molecule has 3 aromatic rings. The summed E-state index contributed by atoms with van der Waals surface area (Å²) in [5, 5.41) is 5.25. The van der Waals surface area contributed by atoms with E-state index in [1.807, 2.05) is 41.9 Å². The van der Waals surface area contributed by atoms with Gasteiger partial charge in [-0.1, -0.05) is 41.9 Å². The van der Waals surface area contributed by atoms with E-state index in [2.05, 4.69) is 17.2 Å². The molecule has 2 aromatic carbocycles. The molecule has 4 nitrogen and oxygen atoms in total. The SMILES string of the molecule is COc1ccc(Cl)cc1-n1nc(C)c2c1C[C@@H](c1ccccc1)CC2=O. The Bertz CT molecular complexity index is 979. The Morgan fingerprint density at radius 3 is 2.65 bits per heavy atom. The molecular weight excluding hydrogens is 348 g/mol. The Morgan fingerprint density at radius 1 is 1.15 bits per heavy atom. The van der Waals surface area contributed by atoms with Crippen LogP contribution in [0.15, 0.2) is 48.5 Å². The van der Waals surface area contributed by atoms with E-state index in [0.29, 0.717) is 17.2 Å². The van der Waals surface area contributed by atoms with Crippen LogP contribution in [0.5, 0.6) is 5.75 Å². The maximum Gasteiger partial charge on any atom is 0.167 e. The number of aromatic nitrogens is 2. The normalized spacial score (nSPS) is 16.4. The summed E-state index contributed by atoms with van der Waals surface area (Å²) >= 11 is 6.20. The molecule has 0 amide bonds. The number of nitrogens with zero attached hydrogens (tertiary/aromatic N) is 2. The molecule has 4 rings (SSSR count). The van der Waals surface area contributed by atoms with Crippen molar-refractivity contribution in [2.24, 2.45) is 0 Å². The lowest BCUT2D eigenvalue weighted by atomic mass is 9.81. The average Bonchev–Trinajstić information content (AvgIpc) is 2.99. The van der Waals surface area contributed by atoms with Crippen molar-refractivity contribution in [1.82, 2.24) is 9.78 Å². The van der Waals surface area contributed by atoms with Crippen LogP contribution in [0.1, 0.15) is 39.6 Å². The Hall–Kier alpha value is -2.59. The summed E-state index contributed by atoms with van der Waals surface area (Å²) in [6.45, 7) is 1.88. The Morgan fingerprint density at radius 2 is 1.92 bits per heavy atom. The van der Waals surface area contributed by atoms with Gasteiger partial charge in [-0.3, -0.25) is 4.79 Å². The van der Waals surface area contributed by atoms with E-state index >= 15 is 0 Å². The van der Waals surface area contributed by atoms with Gasteiger partial charge in [0.05, 0.1) is 24.1 Å². The minimum atomic E-state index is 0.143. The Balaban J connectivity index is 1.85. The van der Waals surface area contributed by atoms with E-state index in [9.17, 15) is 4.79 Å². The van der Waals surface area contributed by atoms with Crippen LogP contribution in [-0.4, -0.2) is 22.7 Å². The Kier molecular flexibility index (Phi) is 4.29. The third-order valence-electron chi connectivity index (χ3n) is 4.95. The summed E-state index contributed by atoms with van der Waals surface area (Å²) in [7, 11) is 1.62. The molecular formula is C21H19ClN2O2. The lowest BCUT2D eigenvalue weighted by molar-refractivity contribution is 0.0963. The fourth-order valence-electron chi connectivity index (χ4n) is 3.75. The molecule has 0 N–H and O–H groups in total. The van der Waals surface area contributed by atoms with Crippen molar-refractivity contribution in [3.05, 3.63) is 76.1 Å². The molecule has 1 aliphatic carbocycles. The molecule has 1 heterocycles. The van der Waals surface area contributed by atoms with Gasteiger partial charge in [0.2, 0.25) is 0 Å². The average molecular weight is 367 g/mol. The monoisotopic (exact) mass is 366 g/mol. The van der Waals surface area contributed by atoms with Gasteiger partial charge in [-0.15, -0.1) is 0 Å². The van der Waals surface area contributed by atoms with E-state index < -0.39 is 0 Å². The fourth-order valence-corrected chi connectivity index (χ4v) is 3.91. The third-order valence-corrected chi connectivity index (χ3v) is 5.18. The second-order valence-electron chi connectivity index (χ2n) is 6.57. The zero-order chi connectivity index (χ0) is 18.3. The maximum atomic E-state index is 12.8. The molecule has 1 aromatic heterocycles. The molecule has 5 heteroatoms. The maximum absolute atomic E-state index is 12.8. The van der Waals surface area contributed by atoms with Gasteiger partial charge in [-0.25, -0.2) is 4.68 Å². The lowest BCUT2D eigenvalue weighted by Gasteiger charge is -2.23. The first kappa shape index (κ1) is 16.9. The van der Waals surface area contributed by atoms with Crippen LogP contribution in [0, 0.1) is 6.92 Å². The zero-order valence-electron chi connectivity index (χ0n) is 14.7. The highest BCUT2D eigenvalue weighted by Gasteiger charge is 2.32. The summed E-state index contributed by atoms with van der Waals surface area (Å²) in [5.74, 6) is 0.968. The van der Waals surface area contributed by atoms with Gasteiger partial charge in [-0.2, -0.15) is 5.10 Å². The minimum absolute atomic E-state index is 0.143. The van der Waals surface area contributed by atoms with Crippen molar-refractivity contribution in [3.63, 3.8) is 0 Å². The smallest absolute Gasteiger partial charge is 0.167 e. The number of carbonyl (C=O) groups is 1. The molecule has 132 valence electrons. The number of ketones is 1. The second kappa shape index (κ2) is 6.61. The molecule has 0 saturated carbocycles. The van der Waals surface area contributed by atoms with E-state index in [-0.39, 0.29) is 11.7 Å². The number of Topliss-reactive ketones (excluding diaryl/α,β-unsaturated/α-hetero) is 1. The lowest BCUT2D eigenvalue weighted by Crippen LogP contribution is -2.20. The van der Waals surface area contributed by atoms with Crippen LogP contribution in [0.3, 0.4) is 0 Å². The van der Waals surface area contributed by atoms with Crippen LogP contribution < -0.4 is 4.74 Å². The summed E-state index contributed by atoms with van der Waals surface area (Å²) in [6.07, 6.45) is 1.26. The second-order valence-corrected chi connectivity index (χ2v) is 7.01. The topological polar surface area (TPSA) is 44.1 Å². The molecule has 0 aliphatic heterocycles. The van der Waals surface area contributed by atoms with Crippen molar-refractivity contribution in [3.8, 4) is 11.4 Å². The number of aryl methyl sites for hydroxylation is 1. The summed E-state index contributed by atoms with van der Waals surface area (Å²) in [6, 6.07) is 15.6. The summed E-state index contributed by atoms with van der Waals surface area (Å²) in [4.78, 5) is 12.8. The first-order chi connectivity index (χ1) is 12.6. The molecule has 0 bridgehead atoms. The number of carbonyl (C=O) groups excluding carboxylic acids is 1. The molecule has 0 saturated heterocycles. The first-order valence-corrected chi connectivity index (χ1v) is 8.97. The highest BCUT2D eigenvalue weighted by atomic mass is 35.5.